The smallest absolute Gasteiger partial charge is 0.225 e. The quantitative estimate of drug-likeness (QED) is 0.370. The second-order valence-corrected chi connectivity index (χ2v) is 7.94. The molecule has 2 aromatic carbocycles. The van der Waals surface area contributed by atoms with E-state index in [4.69, 9.17) is 11.6 Å². The van der Waals surface area contributed by atoms with E-state index in [2.05, 4.69) is 77.2 Å². The number of benzene rings is 2. The van der Waals surface area contributed by atoms with E-state index >= 15 is 0 Å². The fourth-order valence-electron chi connectivity index (χ4n) is 3.39. The van der Waals surface area contributed by atoms with Crippen LogP contribution in [0.25, 0.3) is 21.3 Å². The number of hydrogen-bond donors (Lipinski definition) is 0. The first kappa shape index (κ1) is 18.0. The highest BCUT2D eigenvalue weighted by Crippen LogP contribution is 2.42. The third kappa shape index (κ3) is 3.55. The van der Waals surface area contributed by atoms with Crippen molar-refractivity contribution >= 4 is 39.0 Å². The van der Waals surface area contributed by atoms with Crippen LogP contribution in [0.3, 0.4) is 0 Å². The Balaban J connectivity index is 1.91. The van der Waals surface area contributed by atoms with Crippen molar-refractivity contribution in [1.82, 2.24) is 9.97 Å². The minimum absolute atomic E-state index is 0.296. The maximum atomic E-state index is 6.29. The minimum Gasteiger partial charge on any atom is -0.352 e. The van der Waals surface area contributed by atoms with Gasteiger partial charge in [-0.2, -0.15) is 4.98 Å². The zero-order chi connectivity index (χ0) is 18.8. The van der Waals surface area contributed by atoms with E-state index in [1.807, 2.05) is 12.1 Å². The Morgan fingerprint density at radius 2 is 1.63 bits per heavy atom. The highest BCUT2D eigenvalue weighted by atomic mass is 35.5. The molecule has 0 aliphatic carbocycles. The van der Waals surface area contributed by atoms with Gasteiger partial charge in [-0.3, -0.25) is 0 Å². The summed E-state index contributed by atoms with van der Waals surface area (Å²) in [6, 6.07) is 20.9. The fraction of sp³-hybridized carbons (Fsp3) is 0.182. The molecule has 0 bridgehead atoms. The van der Waals surface area contributed by atoms with Gasteiger partial charge in [-0.25, -0.2) is 4.98 Å². The number of fused-ring (bicyclic) bond motifs is 1. The van der Waals surface area contributed by atoms with Crippen molar-refractivity contribution in [3.05, 3.63) is 76.4 Å². The Kier molecular flexibility index (Phi) is 5.10. The molecule has 5 heteroatoms. The van der Waals surface area contributed by atoms with Crippen LogP contribution in [0.1, 0.15) is 17.4 Å². The van der Waals surface area contributed by atoms with E-state index in [0.29, 0.717) is 5.28 Å². The Morgan fingerprint density at radius 3 is 2.30 bits per heavy atom. The van der Waals surface area contributed by atoms with Crippen LogP contribution in [0.5, 0.6) is 0 Å². The first-order valence-corrected chi connectivity index (χ1v) is 10.2. The molecule has 0 N–H and O–H groups in total. The molecule has 0 unspecified atom stereocenters. The van der Waals surface area contributed by atoms with Crippen LogP contribution in [0.2, 0.25) is 5.28 Å². The lowest BCUT2D eigenvalue weighted by atomic mass is 10.0. The molecule has 0 fully saturated rings. The van der Waals surface area contributed by atoms with Gasteiger partial charge in [0, 0.05) is 23.5 Å². The second-order valence-electron chi connectivity index (χ2n) is 6.40. The molecule has 0 saturated heterocycles. The fourth-order valence-corrected chi connectivity index (χ4v) is 4.64. The zero-order valence-corrected chi connectivity index (χ0v) is 16.9. The van der Waals surface area contributed by atoms with E-state index in [9.17, 15) is 0 Å². The third-order valence-corrected chi connectivity index (χ3v) is 5.81. The molecule has 136 valence electrons. The molecule has 0 spiro atoms. The molecule has 0 saturated carbocycles. The van der Waals surface area contributed by atoms with Crippen molar-refractivity contribution in [2.75, 3.05) is 11.4 Å². The predicted molar refractivity (Wildman–Crippen MR) is 116 cm³/mol. The summed E-state index contributed by atoms with van der Waals surface area (Å²) >= 11 is 7.97. The Labute approximate surface area is 168 Å². The number of aromatic nitrogens is 2. The van der Waals surface area contributed by atoms with Gasteiger partial charge in [0.25, 0.3) is 0 Å². The number of rotatable bonds is 5. The lowest BCUT2D eigenvalue weighted by Crippen LogP contribution is -2.23. The van der Waals surface area contributed by atoms with Gasteiger partial charge in [0.15, 0.2) is 0 Å². The first-order valence-electron chi connectivity index (χ1n) is 8.98. The van der Waals surface area contributed by atoms with Gasteiger partial charge in [0.1, 0.15) is 10.6 Å². The predicted octanol–water partition coefficient (Wildman–Crippen LogP) is 6.35. The minimum atomic E-state index is 0.296. The van der Waals surface area contributed by atoms with Crippen LogP contribution in [0, 0.1) is 6.92 Å². The largest absolute Gasteiger partial charge is 0.352 e. The van der Waals surface area contributed by atoms with Crippen LogP contribution >= 0.6 is 22.9 Å². The Morgan fingerprint density at radius 1 is 0.963 bits per heavy atom. The van der Waals surface area contributed by atoms with E-state index in [-0.39, 0.29) is 0 Å². The molecule has 0 aliphatic heterocycles. The summed E-state index contributed by atoms with van der Waals surface area (Å²) in [4.78, 5) is 13.6. The van der Waals surface area contributed by atoms with Crippen LogP contribution in [0.4, 0.5) is 5.82 Å². The molecule has 3 nitrogen and oxygen atoms in total. The van der Waals surface area contributed by atoms with Crippen molar-refractivity contribution in [1.29, 1.82) is 0 Å². The molecule has 4 rings (SSSR count). The van der Waals surface area contributed by atoms with Crippen LogP contribution in [-0.2, 0) is 6.54 Å². The average Bonchev–Trinajstić information content (AvgIpc) is 3.02. The highest BCUT2D eigenvalue weighted by Gasteiger charge is 2.21. The van der Waals surface area contributed by atoms with Gasteiger partial charge < -0.3 is 4.90 Å². The normalized spacial score (nSPS) is 11.1. The highest BCUT2D eigenvalue weighted by molar-refractivity contribution is 7.19. The first-order chi connectivity index (χ1) is 13.2. The van der Waals surface area contributed by atoms with Gasteiger partial charge in [0.05, 0.1) is 5.39 Å². The molecule has 2 aromatic heterocycles. The zero-order valence-electron chi connectivity index (χ0n) is 15.3. The number of halogens is 1. The summed E-state index contributed by atoms with van der Waals surface area (Å²) in [7, 11) is 0. The van der Waals surface area contributed by atoms with Gasteiger partial charge in [-0.1, -0.05) is 60.7 Å². The summed E-state index contributed by atoms with van der Waals surface area (Å²) in [6.45, 7) is 5.90. The van der Waals surface area contributed by atoms with E-state index in [0.717, 1.165) is 29.1 Å². The number of hydrogen-bond acceptors (Lipinski definition) is 4. The average molecular weight is 394 g/mol. The molecule has 0 radical (unpaired) electrons. The lowest BCUT2D eigenvalue weighted by molar-refractivity contribution is 0.817. The topological polar surface area (TPSA) is 29.0 Å². The van der Waals surface area contributed by atoms with Gasteiger partial charge >= 0.3 is 0 Å². The van der Waals surface area contributed by atoms with E-state index in [1.165, 1.54) is 21.6 Å². The number of anilines is 1. The Hall–Kier alpha value is -2.43. The molecule has 4 aromatic rings. The SMILES string of the molecule is CCN(Cc1ccccc1)c1nc(Cl)nc2sc(C)c(-c3ccccc3)c12. The van der Waals surface area contributed by atoms with E-state index in [1.54, 1.807) is 11.3 Å². The summed E-state index contributed by atoms with van der Waals surface area (Å²) in [5, 5.41) is 1.38. The molecular formula is C22H20ClN3S. The number of thiophene rings is 1. The van der Waals surface area contributed by atoms with Crippen LogP contribution in [0.15, 0.2) is 60.7 Å². The molecule has 0 amide bonds. The van der Waals surface area contributed by atoms with Gasteiger partial charge in [-0.15, -0.1) is 11.3 Å². The van der Waals surface area contributed by atoms with Crippen molar-refractivity contribution in [2.45, 2.75) is 20.4 Å². The maximum absolute atomic E-state index is 6.29. The van der Waals surface area contributed by atoms with Gasteiger partial charge in [-0.05, 0) is 36.6 Å². The second kappa shape index (κ2) is 7.67. The molecule has 2 heterocycles. The van der Waals surface area contributed by atoms with Crippen molar-refractivity contribution in [2.24, 2.45) is 0 Å². The van der Waals surface area contributed by atoms with Crippen molar-refractivity contribution in [3.8, 4) is 11.1 Å². The number of nitrogens with zero attached hydrogens (tertiary/aromatic N) is 3. The molecular weight excluding hydrogens is 374 g/mol. The summed E-state index contributed by atoms with van der Waals surface area (Å²) < 4.78 is 0. The van der Waals surface area contributed by atoms with Crippen LogP contribution < -0.4 is 4.90 Å². The van der Waals surface area contributed by atoms with E-state index < -0.39 is 0 Å². The summed E-state index contributed by atoms with van der Waals surface area (Å²) in [6.07, 6.45) is 0. The summed E-state index contributed by atoms with van der Waals surface area (Å²) in [5.74, 6) is 0.902. The maximum Gasteiger partial charge on any atom is 0.225 e. The third-order valence-electron chi connectivity index (χ3n) is 4.64. The number of aryl methyl sites for hydroxylation is 1. The van der Waals surface area contributed by atoms with Crippen molar-refractivity contribution in [3.63, 3.8) is 0 Å². The molecule has 27 heavy (non-hydrogen) atoms. The van der Waals surface area contributed by atoms with Crippen LogP contribution in [-0.4, -0.2) is 16.5 Å². The Bertz CT molecular complexity index is 1060. The monoisotopic (exact) mass is 393 g/mol. The summed E-state index contributed by atoms with van der Waals surface area (Å²) in [5.41, 5.74) is 3.63. The van der Waals surface area contributed by atoms with Crippen molar-refractivity contribution < 1.29 is 0 Å². The van der Waals surface area contributed by atoms with Gasteiger partial charge in [0.2, 0.25) is 5.28 Å². The lowest BCUT2D eigenvalue weighted by Gasteiger charge is -2.23. The molecule has 0 aliphatic rings. The standard InChI is InChI=1S/C22H20ClN3S/c1-3-26(14-16-10-6-4-7-11-16)20-19-18(17-12-8-5-9-13-17)15(2)27-21(19)25-22(23)24-20/h4-13H,3,14H2,1-2H3. The molecule has 0 atom stereocenters.